The minimum absolute atomic E-state index is 0.00542. The Labute approximate surface area is 184 Å². The molecule has 2 saturated heterocycles. The largest absolute Gasteiger partial charge is 0.352 e. The van der Waals surface area contributed by atoms with Crippen LogP contribution in [0.4, 0.5) is 0 Å². The number of piperidine rings is 2. The van der Waals surface area contributed by atoms with Gasteiger partial charge in [0.1, 0.15) is 0 Å². The van der Waals surface area contributed by atoms with Crippen LogP contribution in [0.2, 0.25) is 0 Å². The molecule has 1 atom stereocenters. The quantitative estimate of drug-likeness (QED) is 0.667. The van der Waals surface area contributed by atoms with Gasteiger partial charge in [-0.05, 0) is 44.7 Å². The molecule has 1 aromatic carbocycles. The summed E-state index contributed by atoms with van der Waals surface area (Å²) in [7, 11) is -3.65. The van der Waals surface area contributed by atoms with Crippen LogP contribution in [0.3, 0.4) is 0 Å². The fraction of sp³-hybridized carbons (Fsp3) is 0.591. The molecule has 1 N–H and O–H groups in total. The highest BCUT2D eigenvalue weighted by Crippen LogP contribution is 2.26. The average Bonchev–Trinajstić information content (AvgIpc) is 2.78. The second kappa shape index (κ2) is 9.91. The standard InChI is InChI=1S/C22H31N3O5S/c1-3-21(27)23-19-5-4-12-24(15-19)22(28)18-10-13-25(14-11-18)31(29,30)20-8-6-17(7-9-20)16(2)26/h6-9,18-19H,3-5,10-15H2,1-2H3,(H,23,27). The number of carbonyl (C=O) groups is 3. The summed E-state index contributed by atoms with van der Waals surface area (Å²) in [6.07, 6.45) is 3.10. The first kappa shape index (κ1) is 23.4. The van der Waals surface area contributed by atoms with Crippen molar-refractivity contribution in [2.75, 3.05) is 26.2 Å². The maximum atomic E-state index is 13.0. The lowest BCUT2D eigenvalue weighted by Crippen LogP contribution is -2.52. The maximum absolute atomic E-state index is 13.0. The van der Waals surface area contributed by atoms with E-state index in [0.29, 0.717) is 37.9 Å². The van der Waals surface area contributed by atoms with E-state index in [1.165, 1.54) is 35.5 Å². The number of hydrogen-bond acceptors (Lipinski definition) is 5. The second-order valence-electron chi connectivity index (χ2n) is 8.30. The fourth-order valence-electron chi connectivity index (χ4n) is 4.24. The van der Waals surface area contributed by atoms with Crippen molar-refractivity contribution < 1.29 is 22.8 Å². The lowest BCUT2D eigenvalue weighted by atomic mass is 9.95. The highest BCUT2D eigenvalue weighted by molar-refractivity contribution is 7.89. The number of carbonyl (C=O) groups excluding carboxylic acids is 3. The van der Waals surface area contributed by atoms with Crippen molar-refractivity contribution in [3.8, 4) is 0 Å². The third-order valence-electron chi connectivity index (χ3n) is 6.12. The molecule has 2 heterocycles. The van der Waals surface area contributed by atoms with Crippen molar-refractivity contribution in [3.63, 3.8) is 0 Å². The first-order valence-electron chi connectivity index (χ1n) is 10.9. The molecule has 2 aliphatic rings. The highest BCUT2D eigenvalue weighted by Gasteiger charge is 2.35. The molecule has 31 heavy (non-hydrogen) atoms. The molecule has 1 unspecified atom stereocenters. The Morgan fingerprint density at radius 1 is 1.03 bits per heavy atom. The summed E-state index contributed by atoms with van der Waals surface area (Å²) < 4.78 is 27.3. The van der Waals surface area contributed by atoms with Gasteiger partial charge in [-0.25, -0.2) is 8.42 Å². The number of Topliss-reactive ketones (excluding diaryl/α,β-unsaturated/α-hetero) is 1. The van der Waals surface area contributed by atoms with Crippen LogP contribution in [0.1, 0.15) is 56.3 Å². The molecular weight excluding hydrogens is 418 g/mol. The van der Waals surface area contributed by atoms with Crippen molar-refractivity contribution in [1.29, 1.82) is 0 Å². The number of rotatable bonds is 6. The number of hydrogen-bond donors (Lipinski definition) is 1. The van der Waals surface area contributed by atoms with Crippen LogP contribution < -0.4 is 5.32 Å². The van der Waals surface area contributed by atoms with Gasteiger partial charge < -0.3 is 10.2 Å². The van der Waals surface area contributed by atoms with Crippen LogP contribution in [0.25, 0.3) is 0 Å². The summed E-state index contributed by atoms with van der Waals surface area (Å²) >= 11 is 0. The lowest BCUT2D eigenvalue weighted by molar-refractivity contribution is -0.138. The molecule has 0 saturated carbocycles. The Morgan fingerprint density at radius 2 is 1.68 bits per heavy atom. The summed E-state index contributed by atoms with van der Waals surface area (Å²) in [5.41, 5.74) is 0.471. The molecule has 9 heteroatoms. The number of ketones is 1. The summed E-state index contributed by atoms with van der Waals surface area (Å²) in [5, 5.41) is 2.97. The summed E-state index contributed by atoms with van der Waals surface area (Å²) in [5.74, 6) is -0.267. The smallest absolute Gasteiger partial charge is 0.243 e. The topological polar surface area (TPSA) is 104 Å². The first-order chi connectivity index (χ1) is 14.7. The Bertz CT molecular complexity index is 921. The first-order valence-corrected chi connectivity index (χ1v) is 12.4. The molecule has 8 nitrogen and oxygen atoms in total. The number of likely N-dealkylation sites (tertiary alicyclic amines) is 1. The Kier molecular flexibility index (Phi) is 7.48. The fourth-order valence-corrected chi connectivity index (χ4v) is 5.71. The lowest BCUT2D eigenvalue weighted by Gasteiger charge is -2.37. The summed E-state index contributed by atoms with van der Waals surface area (Å²) in [6.45, 7) is 5.02. The molecular formula is C22H31N3O5S. The van der Waals surface area contributed by atoms with Crippen molar-refractivity contribution >= 4 is 27.6 Å². The van der Waals surface area contributed by atoms with Crippen LogP contribution >= 0.6 is 0 Å². The Hall–Kier alpha value is -2.26. The van der Waals surface area contributed by atoms with Gasteiger partial charge in [0.2, 0.25) is 21.8 Å². The molecule has 0 spiro atoms. The number of nitrogens with one attached hydrogen (secondary N) is 1. The van der Waals surface area contributed by atoms with E-state index in [0.717, 1.165) is 12.8 Å². The highest BCUT2D eigenvalue weighted by atomic mass is 32.2. The van der Waals surface area contributed by atoms with Gasteiger partial charge in [-0.1, -0.05) is 19.1 Å². The zero-order valence-corrected chi connectivity index (χ0v) is 19.0. The molecule has 0 aromatic heterocycles. The van der Waals surface area contributed by atoms with Gasteiger partial charge in [0, 0.05) is 50.1 Å². The van der Waals surface area contributed by atoms with E-state index >= 15 is 0 Å². The van der Waals surface area contributed by atoms with Gasteiger partial charge in [0.15, 0.2) is 5.78 Å². The van der Waals surface area contributed by atoms with Crippen LogP contribution in [-0.2, 0) is 19.6 Å². The number of amides is 2. The van der Waals surface area contributed by atoms with Gasteiger partial charge >= 0.3 is 0 Å². The molecule has 1 aromatic rings. The van der Waals surface area contributed by atoms with Gasteiger partial charge in [-0.15, -0.1) is 0 Å². The molecule has 0 aliphatic carbocycles. The molecule has 2 fully saturated rings. The van der Waals surface area contributed by atoms with Gasteiger partial charge in [0.25, 0.3) is 0 Å². The molecule has 0 bridgehead atoms. The minimum atomic E-state index is -3.65. The van der Waals surface area contributed by atoms with Gasteiger partial charge in [-0.2, -0.15) is 4.31 Å². The number of sulfonamides is 1. The zero-order chi connectivity index (χ0) is 22.6. The van der Waals surface area contributed by atoms with E-state index in [9.17, 15) is 22.8 Å². The van der Waals surface area contributed by atoms with Crippen LogP contribution in [0.5, 0.6) is 0 Å². The van der Waals surface area contributed by atoms with E-state index in [1.807, 2.05) is 4.90 Å². The summed E-state index contributed by atoms with van der Waals surface area (Å²) in [4.78, 5) is 38.0. The predicted molar refractivity (Wildman–Crippen MR) is 116 cm³/mol. The normalized spacial score (nSPS) is 21.0. The van der Waals surface area contributed by atoms with Gasteiger partial charge in [0.05, 0.1) is 4.90 Å². The van der Waals surface area contributed by atoms with E-state index < -0.39 is 10.0 Å². The van der Waals surface area contributed by atoms with Gasteiger partial charge in [-0.3, -0.25) is 14.4 Å². The molecule has 3 rings (SSSR count). The van der Waals surface area contributed by atoms with Crippen molar-refractivity contribution in [3.05, 3.63) is 29.8 Å². The molecule has 0 radical (unpaired) electrons. The maximum Gasteiger partial charge on any atom is 0.243 e. The monoisotopic (exact) mass is 449 g/mol. The Morgan fingerprint density at radius 3 is 2.26 bits per heavy atom. The second-order valence-corrected chi connectivity index (χ2v) is 10.2. The molecule has 2 aliphatic heterocycles. The van der Waals surface area contributed by atoms with E-state index in [-0.39, 0.29) is 47.5 Å². The van der Waals surface area contributed by atoms with Crippen LogP contribution in [-0.4, -0.2) is 67.4 Å². The third-order valence-corrected chi connectivity index (χ3v) is 8.03. The van der Waals surface area contributed by atoms with Crippen molar-refractivity contribution in [2.45, 2.75) is 56.9 Å². The molecule has 2 amide bonds. The van der Waals surface area contributed by atoms with Crippen molar-refractivity contribution in [1.82, 2.24) is 14.5 Å². The zero-order valence-electron chi connectivity index (χ0n) is 18.2. The number of benzene rings is 1. The van der Waals surface area contributed by atoms with Crippen molar-refractivity contribution in [2.24, 2.45) is 5.92 Å². The third kappa shape index (κ3) is 5.51. The van der Waals surface area contributed by atoms with Crippen LogP contribution in [0.15, 0.2) is 29.2 Å². The average molecular weight is 450 g/mol. The summed E-state index contributed by atoms with van der Waals surface area (Å²) in [6, 6.07) is 5.96. The van der Waals surface area contributed by atoms with E-state index in [4.69, 9.17) is 0 Å². The Balaban J connectivity index is 1.57. The number of nitrogens with zero attached hydrogens (tertiary/aromatic N) is 2. The van der Waals surface area contributed by atoms with Crippen LogP contribution in [0, 0.1) is 5.92 Å². The molecule has 170 valence electrons. The van der Waals surface area contributed by atoms with E-state index in [2.05, 4.69) is 5.32 Å². The SMILES string of the molecule is CCC(=O)NC1CCCN(C(=O)C2CCN(S(=O)(=O)c3ccc(C(C)=O)cc3)CC2)C1. The predicted octanol–water partition coefficient (Wildman–Crippen LogP) is 1.81. The van der Waals surface area contributed by atoms with E-state index in [1.54, 1.807) is 6.92 Å². The minimum Gasteiger partial charge on any atom is -0.352 e.